The molecular weight excluding hydrogens is 398 g/mol. The van der Waals surface area contributed by atoms with Crippen LogP contribution in [0.3, 0.4) is 0 Å². The molecule has 2 N–H and O–H groups in total. The molecule has 0 spiro atoms. The zero-order valence-corrected chi connectivity index (χ0v) is 16.1. The first kappa shape index (κ1) is 18.1. The molecule has 0 unspecified atom stereocenters. The number of carbonyl (C=O) groups is 2. The maximum absolute atomic E-state index is 12.5. The van der Waals surface area contributed by atoms with Crippen LogP contribution in [-0.2, 0) is 4.79 Å². The van der Waals surface area contributed by atoms with E-state index in [-0.39, 0.29) is 20.3 Å². The Balaban J connectivity index is 1.73. The fourth-order valence-corrected chi connectivity index (χ4v) is 4.08. The molecule has 0 aliphatic carbocycles. The monoisotopic (exact) mass is 411 g/mol. The molecule has 0 atom stereocenters. The molecule has 0 fully saturated rings. The molecule has 2 heterocycles. The summed E-state index contributed by atoms with van der Waals surface area (Å²) in [6.07, 6.45) is 0. The lowest BCUT2D eigenvalue weighted by molar-refractivity contribution is -0.112. The second kappa shape index (κ2) is 7.02. The summed E-state index contributed by atoms with van der Waals surface area (Å²) in [6.45, 7) is 0. The topological polar surface area (TPSA) is 92.9 Å². The SMILES string of the molecule is COc1ccc(C(=O)Nn2c(O)c(C3=c4ccccc4=NC3=O)sc2=S)cc1. The fourth-order valence-electron chi connectivity index (χ4n) is 2.82. The number of methoxy groups -OCH3 is 1. The number of hydrogen-bond acceptors (Lipinski definition) is 6. The Morgan fingerprint density at radius 1 is 1.21 bits per heavy atom. The summed E-state index contributed by atoms with van der Waals surface area (Å²) < 4.78 is 6.35. The Labute approximate surface area is 167 Å². The van der Waals surface area contributed by atoms with E-state index in [0.717, 1.165) is 16.0 Å². The molecule has 7 nitrogen and oxygen atoms in total. The molecule has 3 aromatic rings. The Bertz CT molecular complexity index is 1290. The average molecular weight is 411 g/mol. The van der Waals surface area contributed by atoms with Crippen molar-refractivity contribution in [3.63, 3.8) is 0 Å². The molecule has 0 saturated carbocycles. The molecule has 0 saturated heterocycles. The predicted octanol–water partition coefficient (Wildman–Crippen LogP) is 1.74. The maximum Gasteiger partial charge on any atom is 0.279 e. The van der Waals surface area contributed by atoms with Gasteiger partial charge >= 0.3 is 0 Å². The quantitative estimate of drug-likeness (QED) is 0.638. The molecule has 9 heteroatoms. The zero-order chi connectivity index (χ0) is 19.8. The number of amides is 2. The van der Waals surface area contributed by atoms with Gasteiger partial charge in [-0.1, -0.05) is 29.5 Å². The van der Waals surface area contributed by atoms with Crippen LogP contribution < -0.4 is 20.7 Å². The van der Waals surface area contributed by atoms with E-state index >= 15 is 0 Å². The number of ether oxygens (including phenoxy) is 1. The standard InChI is InChI=1S/C19H13N3O4S2/c1-26-11-8-6-10(7-9-11)16(23)21-22-18(25)15(28-19(22)27)14-12-4-2-3-5-13(12)20-17(14)24/h2-9,25H,1H3,(H,21,23). The molecule has 1 aliphatic heterocycles. The third-order valence-corrected chi connectivity index (χ3v) is 5.57. The van der Waals surface area contributed by atoms with E-state index in [0.29, 0.717) is 21.9 Å². The highest BCUT2D eigenvalue weighted by atomic mass is 32.1. The highest BCUT2D eigenvalue weighted by Gasteiger charge is 2.25. The van der Waals surface area contributed by atoms with Crippen LogP contribution in [0.5, 0.6) is 11.6 Å². The van der Waals surface area contributed by atoms with E-state index in [9.17, 15) is 14.7 Å². The highest BCUT2D eigenvalue weighted by molar-refractivity contribution is 7.73. The van der Waals surface area contributed by atoms with E-state index in [4.69, 9.17) is 17.0 Å². The summed E-state index contributed by atoms with van der Waals surface area (Å²) in [6, 6.07) is 13.5. The second-order valence-corrected chi connectivity index (χ2v) is 7.48. The Morgan fingerprint density at radius 2 is 1.93 bits per heavy atom. The Morgan fingerprint density at radius 3 is 2.64 bits per heavy atom. The van der Waals surface area contributed by atoms with Crippen molar-refractivity contribution in [2.45, 2.75) is 0 Å². The van der Waals surface area contributed by atoms with Crippen molar-refractivity contribution < 1.29 is 19.4 Å². The lowest BCUT2D eigenvalue weighted by Gasteiger charge is -2.08. The van der Waals surface area contributed by atoms with Crippen LogP contribution in [0.2, 0.25) is 0 Å². The molecular formula is C19H13N3O4S2. The van der Waals surface area contributed by atoms with Crippen LogP contribution in [0.1, 0.15) is 15.2 Å². The van der Waals surface area contributed by atoms with Gasteiger partial charge in [-0.2, -0.15) is 4.68 Å². The molecule has 0 bridgehead atoms. The minimum Gasteiger partial charge on any atom is -0.497 e. The van der Waals surface area contributed by atoms with Gasteiger partial charge in [0.05, 0.1) is 18.0 Å². The normalized spacial score (nSPS) is 12.5. The van der Waals surface area contributed by atoms with E-state index in [1.807, 2.05) is 0 Å². The lowest BCUT2D eigenvalue weighted by atomic mass is 10.1. The molecule has 140 valence electrons. The molecule has 4 rings (SSSR count). The van der Waals surface area contributed by atoms with E-state index in [1.165, 1.54) is 7.11 Å². The molecule has 28 heavy (non-hydrogen) atoms. The minimum absolute atomic E-state index is 0.194. The first-order valence-corrected chi connectivity index (χ1v) is 9.35. The van der Waals surface area contributed by atoms with Gasteiger partial charge in [0.1, 0.15) is 10.6 Å². The minimum atomic E-state index is -0.466. The molecule has 1 aliphatic rings. The molecule has 2 amide bonds. The number of carbonyl (C=O) groups excluding carboxylic acids is 2. The van der Waals surface area contributed by atoms with Crippen molar-refractivity contribution in [2.24, 2.45) is 4.99 Å². The van der Waals surface area contributed by atoms with E-state index < -0.39 is 11.8 Å². The Hall–Kier alpha value is -3.30. The Kier molecular flexibility index (Phi) is 4.54. The van der Waals surface area contributed by atoms with Gasteiger partial charge in [-0.25, -0.2) is 4.99 Å². The van der Waals surface area contributed by atoms with Gasteiger partial charge in [-0.3, -0.25) is 15.0 Å². The van der Waals surface area contributed by atoms with Crippen LogP contribution in [0, 0.1) is 3.95 Å². The largest absolute Gasteiger partial charge is 0.497 e. The van der Waals surface area contributed by atoms with Crippen molar-refractivity contribution in [3.05, 3.63) is 73.5 Å². The molecule has 0 radical (unpaired) electrons. The van der Waals surface area contributed by atoms with Crippen LogP contribution in [0.4, 0.5) is 0 Å². The van der Waals surface area contributed by atoms with E-state index in [2.05, 4.69) is 10.4 Å². The van der Waals surface area contributed by atoms with E-state index in [1.54, 1.807) is 48.5 Å². The number of aromatic nitrogens is 1. The first-order valence-electron chi connectivity index (χ1n) is 8.12. The molecule has 1 aromatic heterocycles. The summed E-state index contributed by atoms with van der Waals surface area (Å²) >= 11 is 6.30. The summed E-state index contributed by atoms with van der Waals surface area (Å²) in [7, 11) is 1.53. The predicted molar refractivity (Wildman–Crippen MR) is 106 cm³/mol. The smallest absolute Gasteiger partial charge is 0.279 e. The van der Waals surface area contributed by atoms with Crippen LogP contribution >= 0.6 is 23.6 Å². The van der Waals surface area contributed by atoms with Crippen molar-refractivity contribution in [1.29, 1.82) is 0 Å². The highest BCUT2D eigenvalue weighted by Crippen LogP contribution is 2.31. The number of nitrogens with one attached hydrogen (secondary N) is 1. The van der Waals surface area contributed by atoms with Gasteiger partial charge in [-0.15, -0.1) is 0 Å². The van der Waals surface area contributed by atoms with Crippen LogP contribution in [-0.4, -0.2) is 28.7 Å². The number of para-hydroxylation sites is 1. The summed E-state index contributed by atoms with van der Waals surface area (Å²) in [5, 5.41) is 11.8. The summed E-state index contributed by atoms with van der Waals surface area (Å²) in [5.74, 6) is -0.618. The number of fused-ring (bicyclic) bond motifs is 1. The molecule has 2 aromatic carbocycles. The van der Waals surface area contributed by atoms with Gasteiger partial charge in [0.2, 0.25) is 5.88 Å². The van der Waals surface area contributed by atoms with Crippen LogP contribution in [0.15, 0.2) is 53.5 Å². The lowest BCUT2D eigenvalue weighted by Crippen LogP contribution is -2.23. The number of benzene rings is 2. The van der Waals surface area contributed by atoms with Crippen molar-refractivity contribution in [3.8, 4) is 11.6 Å². The van der Waals surface area contributed by atoms with Gasteiger partial charge in [0.15, 0.2) is 3.95 Å². The average Bonchev–Trinajstić information content (AvgIpc) is 3.17. The fraction of sp³-hybridized carbons (Fsp3) is 0.0526. The second-order valence-electron chi connectivity index (χ2n) is 5.83. The summed E-state index contributed by atoms with van der Waals surface area (Å²) in [4.78, 5) is 29.1. The van der Waals surface area contributed by atoms with Gasteiger partial charge in [0.25, 0.3) is 11.8 Å². The number of hydrogen-bond donors (Lipinski definition) is 2. The van der Waals surface area contributed by atoms with Gasteiger partial charge in [-0.05, 0) is 42.5 Å². The number of nitrogens with zero attached hydrogens (tertiary/aromatic N) is 2. The van der Waals surface area contributed by atoms with Gasteiger partial charge < -0.3 is 9.84 Å². The number of thiazole rings is 1. The third kappa shape index (κ3) is 3.00. The summed E-state index contributed by atoms with van der Waals surface area (Å²) in [5.41, 5.74) is 3.18. The third-order valence-electron chi connectivity index (χ3n) is 4.19. The van der Waals surface area contributed by atoms with Crippen LogP contribution in [0.25, 0.3) is 5.57 Å². The number of aromatic hydroxyl groups is 1. The number of rotatable bonds is 4. The first-order chi connectivity index (χ1) is 13.5. The van der Waals surface area contributed by atoms with Crippen molar-refractivity contribution in [1.82, 2.24) is 4.68 Å². The van der Waals surface area contributed by atoms with Crippen molar-refractivity contribution >= 4 is 40.9 Å². The van der Waals surface area contributed by atoms with Gasteiger partial charge in [0, 0.05) is 10.8 Å². The van der Waals surface area contributed by atoms with Crippen molar-refractivity contribution in [2.75, 3.05) is 12.5 Å². The maximum atomic E-state index is 12.5. The zero-order valence-electron chi connectivity index (χ0n) is 14.5.